The van der Waals surface area contributed by atoms with E-state index in [2.05, 4.69) is 15.9 Å². The minimum absolute atomic E-state index is 0.221. The Bertz CT molecular complexity index is 596. The van der Waals surface area contributed by atoms with Gasteiger partial charge in [-0.1, -0.05) is 46.3 Å². The fourth-order valence-corrected chi connectivity index (χ4v) is 2.84. The summed E-state index contributed by atoms with van der Waals surface area (Å²) in [5.74, 6) is -1.67. The molecular formula is C15H14BrF2N. The van der Waals surface area contributed by atoms with Gasteiger partial charge in [0.05, 0.1) is 0 Å². The van der Waals surface area contributed by atoms with Crippen LogP contribution in [0.3, 0.4) is 0 Å². The van der Waals surface area contributed by atoms with Gasteiger partial charge >= 0.3 is 0 Å². The molecule has 100 valence electrons. The van der Waals surface area contributed by atoms with E-state index in [0.717, 1.165) is 16.1 Å². The van der Waals surface area contributed by atoms with Gasteiger partial charge in [-0.05, 0) is 36.6 Å². The van der Waals surface area contributed by atoms with E-state index < -0.39 is 17.2 Å². The molecule has 4 heteroatoms. The van der Waals surface area contributed by atoms with Crippen molar-refractivity contribution in [3.63, 3.8) is 0 Å². The predicted molar refractivity (Wildman–Crippen MR) is 75.7 cm³/mol. The summed E-state index contributed by atoms with van der Waals surface area (Å²) in [6.07, 6.45) is 0.221. The zero-order valence-electron chi connectivity index (χ0n) is 10.5. The molecule has 1 atom stereocenters. The molecule has 2 N–H and O–H groups in total. The summed E-state index contributed by atoms with van der Waals surface area (Å²) in [6.45, 7) is 1.80. The predicted octanol–water partition coefficient (Wildman–Crippen LogP) is 4.14. The minimum atomic E-state index is -0.847. The SMILES string of the molecule is CC(N)(Cc1cccc(F)c1F)c1ccccc1Br. The molecule has 0 aromatic heterocycles. The van der Waals surface area contributed by atoms with Gasteiger partial charge in [0.1, 0.15) is 0 Å². The average molecular weight is 326 g/mol. The van der Waals surface area contributed by atoms with Crippen LogP contribution in [0.1, 0.15) is 18.1 Å². The summed E-state index contributed by atoms with van der Waals surface area (Å²) in [4.78, 5) is 0. The maximum absolute atomic E-state index is 13.7. The molecule has 1 nitrogen and oxygen atoms in total. The summed E-state index contributed by atoms with van der Waals surface area (Å²) >= 11 is 3.43. The second-order valence-electron chi connectivity index (χ2n) is 4.79. The molecule has 0 saturated heterocycles. The van der Waals surface area contributed by atoms with E-state index >= 15 is 0 Å². The van der Waals surface area contributed by atoms with Gasteiger partial charge in [0.15, 0.2) is 11.6 Å². The van der Waals surface area contributed by atoms with Crippen molar-refractivity contribution in [2.75, 3.05) is 0 Å². The van der Waals surface area contributed by atoms with Crippen molar-refractivity contribution in [3.8, 4) is 0 Å². The Morgan fingerprint density at radius 1 is 1.11 bits per heavy atom. The van der Waals surface area contributed by atoms with Crippen LogP contribution >= 0.6 is 15.9 Å². The Morgan fingerprint density at radius 2 is 1.79 bits per heavy atom. The lowest BCUT2D eigenvalue weighted by Crippen LogP contribution is -2.36. The monoisotopic (exact) mass is 325 g/mol. The highest BCUT2D eigenvalue weighted by Crippen LogP contribution is 2.30. The van der Waals surface area contributed by atoms with Crippen molar-refractivity contribution in [2.45, 2.75) is 18.9 Å². The topological polar surface area (TPSA) is 26.0 Å². The van der Waals surface area contributed by atoms with Crippen molar-refractivity contribution in [2.24, 2.45) is 5.73 Å². The van der Waals surface area contributed by atoms with Crippen LogP contribution < -0.4 is 5.73 Å². The fraction of sp³-hybridized carbons (Fsp3) is 0.200. The van der Waals surface area contributed by atoms with Gasteiger partial charge in [-0.15, -0.1) is 0 Å². The molecule has 0 heterocycles. The third-order valence-electron chi connectivity index (χ3n) is 3.08. The van der Waals surface area contributed by atoms with E-state index in [4.69, 9.17) is 5.73 Å². The standard InChI is InChI=1S/C15H14BrF2N/c1-15(19,11-6-2-3-7-12(11)16)9-10-5-4-8-13(17)14(10)18/h2-8H,9,19H2,1H3. The molecule has 2 aromatic carbocycles. The first kappa shape index (κ1) is 14.2. The van der Waals surface area contributed by atoms with Gasteiger partial charge in [0.25, 0.3) is 0 Å². The van der Waals surface area contributed by atoms with Crippen LogP contribution in [0.25, 0.3) is 0 Å². The highest BCUT2D eigenvalue weighted by molar-refractivity contribution is 9.10. The Hall–Kier alpha value is -1.26. The molecule has 0 radical (unpaired) electrons. The summed E-state index contributed by atoms with van der Waals surface area (Å²) in [6, 6.07) is 11.7. The first-order chi connectivity index (χ1) is 8.92. The first-order valence-corrected chi connectivity index (χ1v) is 6.68. The molecule has 0 bridgehead atoms. The zero-order valence-corrected chi connectivity index (χ0v) is 12.0. The van der Waals surface area contributed by atoms with Crippen LogP contribution in [0.4, 0.5) is 8.78 Å². The molecule has 1 unspecified atom stereocenters. The molecule has 19 heavy (non-hydrogen) atoms. The Morgan fingerprint density at radius 3 is 2.47 bits per heavy atom. The van der Waals surface area contributed by atoms with Gasteiger partial charge in [-0.3, -0.25) is 0 Å². The van der Waals surface area contributed by atoms with Gasteiger partial charge < -0.3 is 5.73 Å². The number of benzene rings is 2. The molecule has 0 aliphatic rings. The van der Waals surface area contributed by atoms with Crippen molar-refractivity contribution in [1.29, 1.82) is 0 Å². The molecule has 0 spiro atoms. The van der Waals surface area contributed by atoms with Crippen molar-refractivity contribution in [3.05, 3.63) is 69.7 Å². The highest BCUT2D eigenvalue weighted by Gasteiger charge is 2.25. The van der Waals surface area contributed by atoms with Crippen LogP contribution in [-0.4, -0.2) is 0 Å². The van der Waals surface area contributed by atoms with Crippen LogP contribution in [0.5, 0.6) is 0 Å². The smallest absolute Gasteiger partial charge is 0.162 e. The van der Waals surface area contributed by atoms with Gasteiger partial charge in [-0.2, -0.15) is 0 Å². The van der Waals surface area contributed by atoms with E-state index in [9.17, 15) is 8.78 Å². The van der Waals surface area contributed by atoms with E-state index in [0.29, 0.717) is 0 Å². The van der Waals surface area contributed by atoms with E-state index in [1.807, 2.05) is 24.3 Å². The third-order valence-corrected chi connectivity index (χ3v) is 3.77. The number of nitrogens with two attached hydrogens (primary N) is 1. The minimum Gasteiger partial charge on any atom is -0.321 e. The lowest BCUT2D eigenvalue weighted by Gasteiger charge is -2.27. The third kappa shape index (κ3) is 3.01. The molecular weight excluding hydrogens is 312 g/mol. The molecule has 0 aliphatic heterocycles. The van der Waals surface area contributed by atoms with E-state index in [-0.39, 0.29) is 12.0 Å². The summed E-state index contributed by atoms with van der Waals surface area (Å²) < 4.78 is 27.8. The normalized spacial score (nSPS) is 14.2. The van der Waals surface area contributed by atoms with Crippen molar-refractivity contribution in [1.82, 2.24) is 0 Å². The van der Waals surface area contributed by atoms with Crippen LogP contribution in [0.2, 0.25) is 0 Å². The number of hydrogen-bond donors (Lipinski definition) is 1. The maximum atomic E-state index is 13.7. The summed E-state index contributed by atoms with van der Waals surface area (Å²) in [7, 11) is 0. The van der Waals surface area contributed by atoms with Crippen LogP contribution in [0.15, 0.2) is 46.9 Å². The van der Waals surface area contributed by atoms with Gasteiger partial charge in [-0.25, -0.2) is 8.78 Å². The lowest BCUT2D eigenvalue weighted by molar-refractivity contribution is 0.452. The highest BCUT2D eigenvalue weighted by atomic mass is 79.9. The maximum Gasteiger partial charge on any atom is 0.162 e. The van der Waals surface area contributed by atoms with E-state index in [1.54, 1.807) is 13.0 Å². The Labute approximate surface area is 119 Å². The first-order valence-electron chi connectivity index (χ1n) is 5.88. The van der Waals surface area contributed by atoms with Gasteiger partial charge in [0, 0.05) is 10.0 Å². The van der Waals surface area contributed by atoms with Crippen LogP contribution in [-0.2, 0) is 12.0 Å². The number of hydrogen-bond acceptors (Lipinski definition) is 1. The van der Waals surface area contributed by atoms with Crippen molar-refractivity contribution >= 4 is 15.9 Å². The summed E-state index contributed by atoms with van der Waals surface area (Å²) in [5, 5.41) is 0. The fourth-order valence-electron chi connectivity index (χ4n) is 2.10. The zero-order chi connectivity index (χ0) is 14.0. The van der Waals surface area contributed by atoms with Crippen molar-refractivity contribution < 1.29 is 8.78 Å². The average Bonchev–Trinajstić information content (AvgIpc) is 2.35. The van der Waals surface area contributed by atoms with Crippen LogP contribution in [0, 0.1) is 11.6 Å². The second-order valence-corrected chi connectivity index (χ2v) is 5.64. The van der Waals surface area contributed by atoms with Gasteiger partial charge in [0.2, 0.25) is 0 Å². The number of rotatable bonds is 3. The summed E-state index contributed by atoms with van der Waals surface area (Å²) in [5.41, 5.74) is 6.63. The quantitative estimate of drug-likeness (QED) is 0.901. The number of halogens is 3. The lowest BCUT2D eigenvalue weighted by atomic mass is 9.86. The molecule has 0 aliphatic carbocycles. The largest absolute Gasteiger partial charge is 0.321 e. The Balaban J connectivity index is 2.36. The second kappa shape index (κ2) is 5.39. The molecule has 0 fully saturated rings. The Kier molecular flexibility index (Phi) is 4.02. The molecule has 2 rings (SSSR count). The molecule has 2 aromatic rings. The van der Waals surface area contributed by atoms with E-state index in [1.165, 1.54) is 6.07 Å². The molecule has 0 amide bonds. The molecule has 0 saturated carbocycles.